The average Bonchev–Trinajstić information content (AvgIpc) is 1.98. The van der Waals surface area contributed by atoms with Crippen LogP contribution >= 0.6 is 0 Å². The lowest BCUT2D eigenvalue weighted by Crippen LogP contribution is -2.13. The predicted molar refractivity (Wildman–Crippen MR) is 53.3 cm³/mol. The fourth-order valence-corrected chi connectivity index (χ4v) is 0.790. The molecule has 0 atom stereocenters. The second kappa shape index (κ2) is 5.97. The van der Waals surface area contributed by atoms with Gasteiger partial charge in [-0.2, -0.15) is 0 Å². The molecular formula is C10H21NO2. The number of rotatable bonds is 5. The average molecular weight is 187 g/mol. The summed E-state index contributed by atoms with van der Waals surface area (Å²) in [6.07, 6.45) is 2.07. The summed E-state index contributed by atoms with van der Waals surface area (Å²) >= 11 is 0. The molecule has 13 heavy (non-hydrogen) atoms. The molecule has 0 unspecified atom stereocenters. The summed E-state index contributed by atoms with van der Waals surface area (Å²) in [7, 11) is 0. The molecule has 0 saturated heterocycles. The Balaban J connectivity index is 3.37. The van der Waals surface area contributed by atoms with Crippen LogP contribution in [0, 0.1) is 5.41 Å². The van der Waals surface area contributed by atoms with Gasteiger partial charge in [-0.25, -0.2) is 0 Å². The van der Waals surface area contributed by atoms with Crippen molar-refractivity contribution in [2.45, 2.75) is 40.0 Å². The number of ether oxygens (including phenoxy) is 1. The van der Waals surface area contributed by atoms with Gasteiger partial charge < -0.3 is 10.5 Å². The quantitative estimate of drug-likeness (QED) is 0.666. The predicted octanol–water partition coefficient (Wildman–Crippen LogP) is 1.70. The summed E-state index contributed by atoms with van der Waals surface area (Å²) < 4.78 is 5.03. The lowest BCUT2D eigenvalue weighted by Gasteiger charge is -2.17. The maximum Gasteiger partial charge on any atom is 0.305 e. The van der Waals surface area contributed by atoms with Crippen molar-refractivity contribution >= 4 is 5.97 Å². The lowest BCUT2D eigenvalue weighted by atomic mass is 9.93. The van der Waals surface area contributed by atoms with Crippen molar-refractivity contribution in [3.8, 4) is 0 Å². The zero-order valence-electron chi connectivity index (χ0n) is 8.93. The van der Waals surface area contributed by atoms with Gasteiger partial charge in [-0.15, -0.1) is 0 Å². The molecular weight excluding hydrogens is 166 g/mol. The summed E-state index contributed by atoms with van der Waals surface area (Å²) in [4.78, 5) is 11.0. The van der Waals surface area contributed by atoms with E-state index in [2.05, 4.69) is 20.8 Å². The van der Waals surface area contributed by atoms with E-state index in [9.17, 15) is 4.79 Å². The molecule has 0 aliphatic carbocycles. The molecule has 0 rings (SSSR count). The smallest absolute Gasteiger partial charge is 0.305 e. The monoisotopic (exact) mass is 187 g/mol. The van der Waals surface area contributed by atoms with Gasteiger partial charge in [-0.3, -0.25) is 4.79 Å². The van der Waals surface area contributed by atoms with E-state index < -0.39 is 0 Å². The van der Waals surface area contributed by atoms with Crippen LogP contribution < -0.4 is 5.73 Å². The van der Waals surface area contributed by atoms with Crippen LogP contribution in [0.4, 0.5) is 0 Å². The third kappa shape index (κ3) is 9.34. The molecule has 78 valence electrons. The molecule has 0 aromatic heterocycles. The zero-order valence-corrected chi connectivity index (χ0v) is 8.93. The van der Waals surface area contributed by atoms with Gasteiger partial charge in [-0.1, -0.05) is 20.8 Å². The Kier molecular flexibility index (Phi) is 5.71. The molecule has 0 saturated carbocycles. The third-order valence-corrected chi connectivity index (χ3v) is 1.70. The molecule has 0 aliphatic heterocycles. The van der Waals surface area contributed by atoms with Crippen LogP contribution in [-0.4, -0.2) is 19.1 Å². The van der Waals surface area contributed by atoms with Crippen molar-refractivity contribution in [3.05, 3.63) is 0 Å². The second-order valence-electron chi connectivity index (χ2n) is 4.42. The summed E-state index contributed by atoms with van der Waals surface area (Å²) in [6.45, 7) is 7.45. The number of hydrogen-bond acceptors (Lipinski definition) is 3. The molecule has 0 aliphatic rings. The van der Waals surface area contributed by atoms with Crippen molar-refractivity contribution in [1.82, 2.24) is 0 Å². The molecule has 3 heteroatoms. The first-order chi connectivity index (χ1) is 5.95. The zero-order chi connectivity index (χ0) is 10.3. The summed E-state index contributed by atoms with van der Waals surface area (Å²) in [5.41, 5.74) is 5.50. The highest BCUT2D eigenvalue weighted by atomic mass is 16.5. The summed E-state index contributed by atoms with van der Waals surface area (Å²) in [6, 6.07) is 0. The van der Waals surface area contributed by atoms with E-state index in [1.54, 1.807) is 0 Å². The van der Waals surface area contributed by atoms with Gasteiger partial charge in [0.05, 0.1) is 6.61 Å². The topological polar surface area (TPSA) is 52.3 Å². The molecule has 0 aromatic rings. The molecule has 0 bridgehead atoms. The second-order valence-corrected chi connectivity index (χ2v) is 4.42. The maximum absolute atomic E-state index is 11.0. The van der Waals surface area contributed by atoms with Gasteiger partial charge in [0.15, 0.2) is 0 Å². The van der Waals surface area contributed by atoms with Gasteiger partial charge >= 0.3 is 5.97 Å². The Bertz CT molecular complexity index is 149. The Hall–Kier alpha value is -0.570. The highest BCUT2D eigenvalue weighted by Gasteiger charge is 2.11. The molecule has 2 N–H and O–H groups in total. The summed E-state index contributed by atoms with van der Waals surface area (Å²) in [5.74, 6) is -0.130. The third-order valence-electron chi connectivity index (χ3n) is 1.70. The van der Waals surface area contributed by atoms with E-state index in [1.165, 1.54) is 0 Å². The number of hydrogen-bond donors (Lipinski definition) is 1. The molecule has 0 radical (unpaired) electrons. The standard InChI is InChI=1S/C10H21NO2/c1-10(2,3)6-8-13-9(12)5-4-7-11/h4-8,11H2,1-3H3. The van der Waals surface area contributed by atoms with E-state index in [0.29, 0.717) is 26.0 Å². The minimum Gasteiger partial charge on any atom is -0.466 e. The van der Waals surface area contributed by atoms with Crippen LogP contribution in [-0.2, 0) is 9.53 Å². The molecule has 3 nitrogen and oxygen atoms in total. The van der Waals surface area contributed by atoms with Crippen molar-refractivity contribution in [2.24, 2.45) is 11.1 Å². The SMILES string of the molecule is CC(C)(C)CCOC(=O)CCCN. The van der Waals surface area contributed by atoms with Crippen molar-refractivity contribution < 1.29 is 9.53 Å². The lowest BCUT2D eigenvalue weighted by molar-refractivity contribution is -0.144. The Morgan fingerprint density at radius 3 is 2.46 bits per heavy atom. The van der Waals surface area contributed by atoms with Crippen molar-refractivity contribution in [3.63, 3.8) is 0 Å². The number of nitrogens with two attached hydrogens (primary N) is 1. The van der Waals surface area contributed by atoms with Gasteiger partial charge in [0, 0.05) is 6.42 Å². The van der Waals surface area contributed by atoms with Crippen LogP contribution in [0.25, 0.3) is 0 Å². The van der Waals surface area contributed by atoms with Gasteiger partial charge in [-0.05, 0) is 24.8 Å². The first-order valence-electron chi connectivity index (χ1n) is 4.81. The van der Waals surface area contributed by atoms with E-state index in [4.69, 9.17) is 10.5 Å². The molecule has 0 heterocycles. The van der Waals surface area contributed by atoms with Gasteiger partial charge in [0.25, 0.3) is 0 Å². The van der Waals surface area contributed by atoms with Crippen molar-refractivity contribution in [2.75, 3.05) is 13.2 Å². The Labute approximate surface area is 80.6 Å². The number of carbonyl (C=O) groups excluding carboxylic acids is 1. The number of esters is 1. The van der Waals surface area contributed by atoms with E-state index in [1.807, 2.05) is 0 Å². The van der Waals surface area contributed by atoms with Crippen LogP contribution in [0.3, 0.4) is 0 Å². The minimum atomic E-state index is -0.130. The van der Waals surface area contributed by atoms with Gasteiger partial charge in [0.1, 0.15) is 0 Å². The molecule has 0 amide bonds. The highest BCUT2D eigenvalue weighted by molar-refractivity contribution is 5.69. The van der Waals surface area contributed by atoms with Crippen LogP contribution in [0.5, 0.6) is 0 Å². The van der Waals surface area contributed by atoms with E-state index in [-0.39, 0.29) is 11.4 Å². The van der Waals surface area contributed by atoms with Crippen molar-refractivity contribution in [1.29, 1.82) is 0 Å². The maximum atomic E-state index is 11.0. The molecule has 0 spiro atoms. The fraction of sp³-hybridized carbons (Fsp3) is 0.900. The Morgan fingerprint density at radius 1 is 1.38 bits per heavy atom. The minimum absolute atomic E-state index is 0.130. The normalized spacial score (nSPS) is 11.4. The largest absolute Gasteiger partial charge is 0.466 e. The highest BCUT2D eigenvalue weighted by Crippen LogP contribution is 2.17. The summed E-state index contributed by atoms with van der Waals surface area (Å²) in [5, 5.41) is 0. The van der Waals surface area contributed by atoms with Crippen LogP contribution in [0.1, 0.15) is 40.0 Å². The Morgan fingerprint density at radius 2 is 2.00 bits per heavy atom. The van der Waals surface area contributed by atoms with E-state index >= 15 is 0 Å². The number of carbonyl (C=O) groups is 1. The van der Waals surface area contributed by atoms with E-state index in [0.717, 1.165) is 6.42 Å². The van der Waals surface area contributed by atoms with Crippen LogP contribution in [0.15, 0.2) is 0 Å². The molecule has 0 fully saturated rings. The first-order valence-corrected chi connectivity index (χ1v) is 4.81. The first kappa shape index (κ1) is 12.4. The molecule has 0 aromatic carbocycles. The van der Waals surface area contributed by atoms with Crippen LogP contribution in [0.2, 0.25) is 0 Å². The van der Waals surface area contributed by atoms with Gasteiger partial charge in [0.2, 0.25) is 0 Å². The fourth-order valence-electron chi connectivity index (χ4n) is 0.790.